The normalized spacial score (nSPS) is 11.3. The molecule has 0 aliphatic heterocycles. The average molecular weight is 163 g/mol. The molecular weight excluding hydrogens is 150 g/mol. The number of aliphatic imine (C=N–C) groups is 1. The van der Waals surface area contributed by atoms with Gasteiger partial charge in [0, 0.05) is 12.7 Å². The molecular formula is C9H13N3. The zero-order valence-electron chi connectivity index (χ0n) is 7.33. The van der Waals surface area contributed by atoms with E-state index in [1.54, 1.807) is 7.05 Å². The van der Waals surface area contributed by atoms with Crippen LogP contribution in [0.15, 0.2) is 29.3 Å². The van der Waals surface area contributed by atoms with Gasteiger partial charge in [0.1, 0.15) is 0 Å². The minimum atomic E-state index is 0.435. The summed E-state index contributed by atoms with van der Waals surface area (Å²) in [5, 5.41) is 2.99. The van der Waals surface area contributed by atoms with Crippen molar-refractivity contribution in [3.05, 3.63) is 29.8 Å². The number of hydrogen-bond donors (Lipinski definition) is 2. The van der Waals surface area contributed by atoms with Crippen LogP contribution in [-0.2, 0) is 0 Å². The van der Waals surface area contributed by atoms with E-state index in [1.165, 1.54) is 0 Å². The molecule has 0 heterocycles. The maximum atomic E-state index is 5.51. The van der Waals surface area contributed by atoms with E-state index in [2.05, 4.69) is 10.3 Å². The summed E-state index contributed by atoms with van der Waals surface area (Å²) in [4.78, 5) is 3.81. The number of nitrogens with one attached hydrogen (secondary N) is 1. The van der Waals surface area contributed by atoms with Gasteiger partial charge in [0.2, 0.25) is 0 Å². The number of nitrogens with two attached hydrogens (primary N) is 1. The molecule has 12 heavy (non-hydrogen) atoms. The predicted octanol–water partition coefficient (Wildman–Crippen LogP) is 1.35. The highest BCUT2D eigenvalue weighted by atomic mass is 15.1. The lowest BCUT2D eigenvalue weighted by Gasteiger charge is -2.06. The van der Waals surface area contributed by atoms with Crippen LogP contribution in [0.4, 0.5) is 5.69 Å². The van der Waals surface area contributed by atoms with Crippen molar-refractivity contribution in [3.63, 3.8) is 0 Å². The highest BCUT2D eigenvalue weighted by molar-refractivity contribution is 5.92. The molecule has 1 aromatic rings. The fraction of sp³-hybridized carbons (Fsp3) is 0.222. The SMILES string of the molecule is CN=C(N)Nc1ccccc1C. The first-order valence-corrected chi connectivity index (χ1v) is 3.79. The molecule has 0 bridgehead atoms. The van der Waals surface area contributed by atoms with Crippen LogP contribution in [-0.4, -0.2) is 13.0 Å². The van der Waals surface area contributed by atoms with E-state index in [-0.39, 0.29) is 0 Å². The number of aryl methyl sites for hydroxylation is 1. The largest absolute Gasteiger partial charge is 0.370 e. The summed E-state index contributed by atoms with van der Waals surface area (Å²) in [5.41, 5.74) is 7.67. The Kier molecular flexibility index (Phi) is 2.69. The molecule has 0 atom stereocenters. The van der Waals surface area contributed by atoms with E-state index < -0.39 is 0 Å². The van der Waals surface area contributed by atoms with Gasteiger partial charge in [-0.3, -0.25) is 4.99 Å². The minimum Gasteiger partial charge on any atom is -0.370 e. The van der Waals surface area contributed by atoms with Gasteiger partial charge in [-0.15, -0.1) is 0 Å². The van der Waals surface area contributed by atoms with Crippen LogP contribution in [0.1, 0.15) is 5.56 Å². The van der Waals surface area contributed by atoms with Crippen molar-refractivity contribution in [2.45, 2.75) is 6.92 Å². The maximum Gasteiger partial charge on any atom is 0.192 e. The van der Waals surface area contributed by atoms with Gasteiger partial charge in [0.25, 0.3) is 0 Å². The topological polar surface area (TPSA) is 50.4 Å². The summed E-state index contributed by atoms with van der Waals surface area (Å²) in [6, 6.07) is 7.93. The highest BCUT2D eigenvalue weighted by Crippen LogP contribution is 2.11. The molecule has 3 N–H and O–H groups in total. The third kappa shape index (κ3) is 1.99. The molecule has 0 saturated carbocycles. The van der Waals surface area contributed by atoms with Gasteiger partial charge in [0.05, 0.1) is 0 Å². The van der Waals surface area contributed by atoms with Crippen molar-refractivity contribution >= 4 is 11.6 Å². The number of rotatable bonds is 1. The molecule has 0 fully saturated rings. The molecule has 0 radical (unpaired) electrons. The number of para-hydroxylation sites is 1. The Morgan fingerprint density at radius 3 is 2.67 bits per heavy atom. The van der Waals surface area contributed by atoms with Crippen LogP contribution in [0, 0.1) is 6.92 Å². The number of nitrogens with zero attached hydrogens (tertiary/aromatic N) is 1. The standard InChI is InChI=1S/C9H13N3/c1-7-5-3-4-6-8(7)12-9(10)11-2/h3-6H,1-2H3,(H3,10,11,12). The molecule has 3 heteroatoms. The Hall–Kier alpha value is -1.51. The van der Waals surface area contributed by atoms with Gasteiger partial charge in [-0.1, -0.05) is 18.2 Å². The molecule has 1 rings (SSSR count). The second kappa shape index (κ2) is 3.76. The third-order valence-electron chi connectivity index (χ3n) is 1.65. The Bertz CT molecular complexity index is 292. The molecule has 0 aliphatic rings. The predicted molar refractivity (Wildman–Crippen MR) is 52.3 cm³/mol. The van der Waals surface area contributed by atoms with Crippen LogP contribution in [0.25, 0.3) is 0 Å². The molecule has 1 aromatic carbocycles. The van der Waals surface area contributed by atoms with Crippen molar-refractivity contribution in [2.75, 3.05) is 12.4 Å². The van der Waals surface area contributed by atoms with Gasteiger partial charge in [0.15, 0.2) is 5.96 Å². The van der Waals surface area contributed by atoms with Gasteiger partial charge in [-0.25, -0.2) is 0 Å². The molecule has 0 amide bonds. The van der Waals surface area contributed by atoms with E-state index in [0.29, 0.717) is 5.96 Å². The summed E-state index contributed by atoms with van der Waals surface area (Å²) in [5.74, 6) is 0.435. The average Bonchev–Trinajstić information content (AvgIpc) is 2.09. The fourth-order valence-corrected chi connectivity index (χ4v) is 0.907. The smallest absolute Gasteiger partial charge is 0.192 e. The number of anilines is 1. The van der Waals surface area contributed by atoms with Crippen LogP contribution in [0.5, 0.6) is 0 Å². The summed E-state index contributed by atoms with van der Waals surface area (Å²) in [7, 11) is 1.65. The van der Waals surface area contributed by atoms with Crippen LogP contribution < -0.4 is 11.1 Å². The summed E-state index contributed by atoms with van der Waals surface area (Å²) in [6.07, 6.45) is 0. The van der Waals surface area contributed by atoms with E-state index in [9.17, 15) is 0 Å². The number of hydrogen-bond acceptors (Lipinski definition) is 1. The van der Waals surface area contributed by atoms with Crippen LogP contribution >= 0.6 is 0 Å². The minimum absolute atomic E-state index is 0.435. The van der Waals surface area contributed by atoms with Crippen molar-refractivity contribution in [3.8, 4) is 0 Å². The Morgan fingerprint density at radius 1 is 1.42 bits per heavy atom. The summed E-state index contributed by atoms with van der Waals surface area (Å²) >= 11 is 0. The molecule has 3 nitrogen and oxygen atoms in total. The number of guanidine groups is 1. The molecule has 0 saturated heterocycles. The van der Waals surface area contributed by atoms with E-state index in [1.807, 2.05) is 31.2 Å². The van der Waals surface area contributed by atoms with Gasteiger partial charge >= 0.3 is 0 Å². The fourth-order valence-electron chi connectivity index (χ4n) is 0.907. The van der Waals surface area contributed by atoms with Crippen molar-refractivity contribution in [1.29, 1.82) is 0 Å². The van der Waals surface area contributed by atoms with E-state index in [4.69, 9.17) is 5.73 Å². The first-order valence-electron chi connectivity index (χ1n) is 3.79. The quantitative estimate of drug-likeness (QED) is 0.485. The second-order valence-corrected chi connectivity index (χ2v) is 2.55. The van der Waals surface area contributed by atoms with Gasteiger partial charge in [-0.2, -0.15) is 0 Å². The zero-order chi connectivity index (χ0) is 8.97. The molecule has 0 aliphatic carbocycles. The van der Waals surface area contributed by atoms with Crippen molar-refractivity contribution < 1.29 is 0 Å². The van der Waals surface area contributed by atoms with Crippen molar-refractivity contribution in [1.82, 2.24) is 0 Å². The van der Waals surface area contributed by atoms with E-state index in [0.717, 1.165) is 11.3 Å². The van der Waals surface area contributed by atoms with Crippen molar-refractivity contribution in [2.24, 2.45) is 10.7 Å². The first-order chi connectivity index (χ1) is 5.74. The Morgan fingerprint density at radius 2 is 2.08 bits per heavy atom. The molecule has 0 aromatic heterocycles. The summed E-state index contributed by atoms with van der Waals surface area (Å²) < 4.78 is 0. The highest BCUT2D eigenvalue weighted by Gasteiger charge is 1.95. The first kappa shape index (κ1) is 8.59. The molecule has 0 unspecified atom stereocenters. The van der Waals surface area contributed by atoms with Gasteiger partial charge in [-0.05, 0) is 18.6 Å². The zero-order valence-corrected chi connectivity index (χ0v) is 7.33. The molecule has 64 valence electrons. The maximum absolute atomic E-state index is 5.51. The monoisotopic (exact) mass is 163 g/mol. The lowest BCUT2D eigenvalue weighted by atomic mass is 10.2. The second-order valence-electron chi connectivity index (χ2n) is 2.55. The summed E-state index contributed by atoms with van der Waals surface area (Å²) in [6.45, 7) is 2.02. The lowest BCUT2D eigenvalue weighted by Crippen LogP contribution is -2.22. The third-order valence-corrected chi connectivity index (χ3v) is 1.65. The van der Waals surface area contributed by atoms with Gasteiger partial charge < -0.3 is 11.1 Å². The van der Waals surface area contributed by atoms with Crippen LogP contribution in [0.2, 0.25) is 0 Å². The number of benzene rings is 1. The lowest BCUT2D eigenvalue weighted by molar-refractivity contribution is 1.36. The molecule has 0 spiro atoms. The van der Waals surface area contributed by atoms with E-state index >= 15 is 0 Å². The van der Waals surface area contributed by atoms with Crippen LogP contribution in [0.3, 0.4) is 0 Å². The Labute approximate surface area is 72.3 Å². The Balaban J connectivity index is 2.82.